The number of methoxy groups -OCH3 is 1. The van der Waals surface area contributed by atoms with Crippen LogP contribution in [0.2, 0.25) is 0 Å². The molecule has 1 atom stereocenters. The molecule has 2 aromatic rings. The first-order chi connectivity index (χ1) is 12.3. The van der Waals surface area contributed by atoms with Crippen molar-refractivity contribution in [2.24, 2.45) is 11.8 Å². The van der Waals surface area contributed by atoms with Gasteiger partial charge in [-0.05, 0) is 30.0 Å². The summed E-state index contributed by atoms with van der Waals surface area (Å²) in [4.78, 5) is 0. The fourth-order valence-electron chi connectivity index (χ4n) is 4.09. The van der Waals surface area contributed by atoms with Crippen molar-refractivity contribution in [1.29, 1.82) is 0 Å². The number of ether oxygens (including phenoxy) is 1. The van der Waals surface area contributed by atoms with Gasteiger partial charge in [-0.1, -0.05) is 86.8 Å². The van der Waals surface area contributed by atoms with Crippen LogP contribution in [0.15, 0.2) is 60.7 Å². The van der Waals surface area contributed by atoms with Crippen molar-refractivity contribution in [3.05, 3.63) is 71.8 Å². The summed E-state index contributed by atoms with van der Waals surface area (Å²) in [7, 11) is 1.84. The number of hydrogen-bond donors (Lipinski definition) is 1. The number of benzene rings is 2. The zero-order chi connectivity index (χ0) is 17.5. The van der Waals surface area contributed by atoms with E-state index >= 15 is 0 Å². The predicted molar refractivity (Wildman–Crippen MR) is 105 cm³/mol. The number of rotatable bonds is 9. The van der Waals surface area contributed by atoms with E-state index in [0.717, 1.165) is 19.0 Å². The third-order valence-corrected chi connectivity index (χ3v) is 5.83. The second-order valence-electron chi connectivity index (χ2n) is 7.36. The Labute approximate surface area is 152 Å². The minimum atomic E-state index is -0.425. The zero-order valence-electron chi connectivity index (χ0n) is 15.6. The van der Waals surface area contributed by atoms with Gasteiger partial charge in [0.25, 0.3) is 0 Å². The molecule has 0 radical (unpaired) electrons. The summed E-state index contributed by atoms with van der Waals surface area (Å²) < 4.78 is 6.24. The largest absolute Gasteiger partial charge is 0.368 e. The SMILES string of the molecule is COC(c1ccccc1)(c1ccccc1)C(C)CNCCC1CCC1. The Morgan fingerprint density at radius 3 is 2.00 bits per heavy atom. The van der Waals surface area contributed by atoms with Crippen LogP contribution < -0.4 is 5.32 Å². The summed E-state index contributed by atoms with van der Waals surface area (Å²) >= 11 is 0. The van der Waals surface area contributed by atoms with E-state index < -0.39 is 5.60 Å². The lowest BCUT2D eigenvalue weighted by molar-refractivity contribution is -0.0231. The summed E-state index contributed by atoms with van der Waals surface area (Å²) in [6, 6.07) is 21.3. The van der Waals surface area contributed by atoms with E-state index in [1.807, 2.05) is 7.11 Å². The van der Waals surface area contributed by atoms with Crippen molar-refractivity contribution in [2.75, 3.05) is 20.2 Å². The van der Waals surface area contributed by atoms with Gasteiger partial charge in [0.1, 0.15) is 5.60 Å². The van der Waals surface area contributed by atoms with Crippen molar-refractivity contribution in [3.63, 3.8) is 0 Å². The molecule has 0 bridgehead atoms. The van der Waals surface area contributed by atoms with Crippen molar-refractivity contribution in [2.45, 2.75) is 38.2 Å². The van der Waals surface area contributed by atoms with E-state index in [1.54, 1.807) is 0 Å². The molecular weight excluding hydrogens is 306 g/mol. The monoisotopic (exact) mass is 337 g/mol. The Morgan fingerprint density at radius 1 is 1.00 bits per heavy atom. The van der Waals surface area contributed by atoms with Gasteiger partial charge in [0.05, 0.1) is 0 Å². The van der Waals surface area contributed by atoms with Crippen LogP contribution in [0.3, 0.4) is 0 Å². The molecule has 1 unspecified atom stereocenters. The van der Waals surface area contributed by atoms with Gasteiger partial charge < -0.3 is 10.1 Å². The molecule has 1 aliphatic rings. The van der Waals surface area contributed by atoms with Gasteiger partial charge in [-0.25, -0.2) is 0 Å². The van der Waals surface area contributed by atoms with Crippen molar-refractivity contribution < 1.29 is 4.74 Å². The third kappa shape index (κ3) is 3.96. The quantitative estimate of drug-likeness (QED) is 0.651. The lowest BCUT2D eigenvalue weighted by Gasteiger charge is -2.39. The summed E-state index contributed by atoms with van der Waals surface area (Å²) in [5.41, 5.74) is 2.01. The highest BCUT2D eigenvalue weighted by molar-refractivity contribution is 5.37. The summed E-state index contributed by atoms with van der Waals surface area (Å²) in [5, 5.41) is 3.68. The smallest absolute Gasteiger partial charge is 0.121 e. The van der Waals surface area contributed by atoms with Crippen molar-refractivity contribution in [1.82, 2.24) is 5.32 Å². The molecule has 0 spiro atoms. The van der Waals surface area contributed by atoms with Crippen molar-refractivity contribution >= 4 is 0 Å². The van der Waals surface area contributed by atoms with Crippen LogP contribution in [0.1, 0.15) is 43.7 Å². The Hall–Kier alpha value is -1.64. The summed E-state index contributed by atoms with van der Waals surface area (Å²) in [5.74, 6) is 1.28. The lowest BCUT2D eigenvalue weighted by atomic mass is 9.76. The average Bonchev–Trinajstić information content (AvgIpc) is 2.63. The molecule has 0 aliphatic heterocycles. The maximum atomic E-state index is 6.24. The average molecular weight is 338 g/mol. The minimum Gasteiger partial charge on any atom is -0.368 e. The molecule has 0 aromatic heterocycles. The molecular formula is C23H31NO. The molecule has 134 valence electrons. The Bertz CT molecular complexity index is 582. The van der Waals surface area contributed by atoms with Gasteiger partial charge in [0.15, 0.2) is 0 Å². The fraction of sp³-hybridized carbons (Fsp3) is 0.478. The summed E-state index contributed by atoms with van der Waals surface area (Å²) in [6.45, 7) is 4.35. The van der Waals surface area contributed by atoms with E-state index in [2.05, 4.69) is 72.9 Å². The van der Waals surface area contributed by atoms with Gasteiger partial charge in [-0.2, -0.15) is 0 Å². The minimum absolute atomic E-state index is 0.323. The lowest BCUT2D eigenvalue weighted by Crippen LogP contribution is -2.42. The highest BCUT2D eigenvalue weighted by Gasteiger charge is 2.39. The van der Waals surface area contributed by atoms with Crippen LogP contribution in [0.25, 0.3) is 0 Å². The number of nitrogens with one attached hydrogen (secondary N) is 1. The predicted octanol–water partition coefficient (Wildman–Crippen LogP) is 4.99. The molecule has 2 heteroatoms. The molecule has 1 saturated carbocycles. The van der Waals surface area contributed by atoms with Crippen LogP contribution >= 0.6 is 0 Å². The van der Waals surface area contributed by atoms with Gasteiger partial charge in [-0.3, -0.25) is 0 Å². The molecule has 25 heavy (non-hydrogen) atoms. The molecule has 3 rings (SSSR count). The molecule has 2 aromatic carbocycles. The molecule has 1 aliphatic carbocycles. The van der Waals surface area contributed by atoms with Gasteiger partial charge >= 0.3 is 0 Å². The van der Waals surface area contributed by atoms with Gasteiger partial charge in [0, 0.05) is 19.6 Å². The van der Waals surface area contributed by atoms with E-state index in [4.69, 9.17) is 4.74 Å². The molecule has 0 amide bonds. The Morgan fingerprint density at radius 2 is 1.56 bits per heavy atom. The Kier molecular flexibility index (Phi) is 6.28. The third-order valence-electron chi connectivity index (χ3n) is 5.83. The molecule has 0 saturated heterocycles. The van der Waals surface area contributed by atoms with E-state index in [1.165, 1.54) is 36.8 Å². The first kappa shape index (κ1) is 18.2. The van der Waals surface area contributed by atoms with Crippen LogP contribution in [-0.4, -0.2) is 20.2 Å². The maximum Gasteiger partial charge on any atom is 0.121 e. The van der Waals surface area contributed by atoms with E-state index in [-0.39, 0.29) is 0 Å². The Balaban J connectivity index is 1.77. The molecule has 2 nitrogen and oxygen atoms in total. The maximum absolute atomic E-state index is 6.24. The van der Waals surface area contributed by atoms with Crippen LogP contribution in [0, 0.1) is 11.8 Å². The van der Waals surface area contributed by atoms with E-state index in [0.29, 0.717) is 5.92 Å². The van der Waals surface area contributed by atoms with Gasteiger partial charge in [-0.15, -0.1) is 0 Å². The normalized spacial score (nSPS) is 16.4. The highest BCUT2D eigenvalue weighted by atomic mass is 16.5. The van der Waals surface area contributed by atoms with Crippen LogP contribution in [0.5, 0.6) is 0 Å². The first-order valence-electron chi connectivity index (χ1n) is 9.64. The van der Waals surface area contributed by atoms with Crippen molar-refractivity contribution in [3.8, 4) is 0 Å². The first-order valence-corrected chi connectivity index (χ1v) is 9.64. The van der Waals surface area contributed by atoms with E-state index in [9.17, 15) is 0 Å². The fourth-order valence-corrected chi connectivity index (χ4v) is 4.09. The topological polar surface area (TPSA) is 21.3 Å². The van der Waals surface area contributed by atoms with Crippen LogP contribution in [0.4, 0.5) is 0 Å². The molecule has 1 N–H and O–H groups in total. The number of hydrogen-bond acceptors (Lipinski definition) is 2. The second kappa shape index (κ2) is 8.64. The standard InChI is InChI=1S/C23H31NO/c1-19(18-24-17-16-20-10-9-11-20)23(25-2,21-12-5-3-6-13-21)22-14-7-4-8-15-22/h3-8,12-15,19-20,24H,9-11,16-18H2,1-2H3. The molecule has 1 fully saturated rings. The molecule has 0 heterocycles. The summed E-state index contributed by atoms with van der Waals surface area (Å²) in [6.07, 6.45) is 5.58. The van der Waals surface area contributed by atoms with Crippen LogP contribution in [-0.2, 0) is 10.3 Å². The second-order valence-corrected chi connectivity index (χ2v) is 7.36. The zero-order valence-corrected chi connectivity index (χ0v) is 15.6. The highest BCUT2D eigenvalue weighted by Crippen LogP contribution is 2.40. The van der Waals surface area contributed by atoms with Gasteiger partial charge in [0.2, 0.25) is 0 Å².